The topological polar surface area (TPSA) is 142 Å². The van der Waals surface area contributed by atoms with Crippen LogP contribution >= 0.6 is 15.9 Å². The Bertz CT molecular complexity index is 1930. The van der Waals surface area contributed by atoms with E-state index in [1.165, 1.54) is 26.2 Å². The summed E-state index contributed by atoms with van der Waals surface area (Å²) >= 11 is 2.92. The van der Waals surface area contributed by atoms with E-state index in [0.717, 1.165) is 25.0 Å². The number of aromatic nitrogens is 3. The molecule has 3 heterocycles. The van der Waals surface area contributed by atoms with E-state index in [1.54, 1.807) is 10.9 Å². The molecule has 1 saturated carbocycles. The number of primary amides is 1. The van der Waals surface area contributed by atoms with Crippen LogP contribution in [0, 0.1) is 11.6 Å². The third-order valence-electron chi connectivity index (χ3n) is 8.27. The molecule has 0 radical (unpaired) electrons. The number of nitrogens with zero attached hydrogens (tertiary/aromatic N) is 3. The van der Waals surface area contributed by atoms with E-state index in [0.29, 0.717) is 17.0 Å². The zero-order valence-corrected chi connectivity index (χ0v) is 25.7. The van der Waals surface area contributed by atoms with Crippen LogP contribution in [0.15, 0.2) is 41.0 Å². The number of nitrogens with one attached hydrogen (secondary N) is 1. The zero-order chi connectivity index (χ0) is 33.3. The number of pyridine rings is 1. The lowest BCUT2D eigenvalue weighted by Crippen LogP contribution is -2.51. The maximum atomic E-state index is 15.1. The van der Waals surface area contributed by atoms with Crippen molar-refractivity contribution in [2.45, 2.75) is 43.0 Å². The number of methoxy groups -OCH3 is 1. The standard InChI is InChI=1S/C30H25BrF5N5O5/c1-28(27(37)43)12-46-25-17(28)8-22(39-24(25)16-7-18(31)20(33)9-19(16)32)29(44,30(34,35)36)11-38-26(42)13-5-14-10-41(15-3-4-15)40-23(14)21(6-13)45-2/h5-10,15,44H,3-4,11-12H2,1-2H3,(H2,37,43)(H,38,42)/t28-,29+/m0/s1. The first-order valence-corrected chi connectivity index (χ1v) is 14.6. The van der Waals surface area contributed by atoms with Crippen LogP contribution in [0.5, 0.6) is 11.5 Å². The van der Waals surface area contributed by atoms with Crippen LogP contribution in [0.1, 0.15) is 47.4 Å². The number of nitrogens with two attached hydrogens (primary N) is 1. The number of amides is 2. The van der Waals surface area contributed by atoms with E-state index in [1.807, 2.05) is 0 Å². The van der Waals surface area contributed by atoms with Gasteiger partial charge in [0.15, 0.2) is 0 Å². The summed E-state index contributed by atoms with van der Waals surface area (Å²) in [5, 5.41) is 18.4. The molecule has 6 rings (SSSR count). The molecule has 1 aliphatic carbocycles. The molecule has 4 N–H and O–H groups in total. The Balaban J connectivity index is 1.43. The van der Waals surface area contributed by atoms with Gasteiger partial charge in [0.05, 0.1) is 29.9 Å². The van der Waals surface area contributed by atoms with Crippen LogP contribution in [0.25, 0.3) is 22.2 Å². The number of aliphatic hydroxyl groups is 1. The molecule has 2 aliphatic rings. The molecule has 2 amide bonds. The predicted molar refractivity (Wildman–Crippen MR) is 156 cm³/mol. The quantitative estimate of drug-likeness (QED) is 0.176. The molecule has 46 heavy (non-hydrogen) atoms. The summed E-state index contributed by atoms with van der Waals surface area (Å²) in [7, 11) is 1.36. The smallest absolute Gasteiger partial charge is 0.424 e. The normalized spacial score (nSPS) is 19.0. The Labute approximate surface area is 265 Å². The van der Waals surface area contributed by atoms with Crippen LogP contribution in [-0.4, -0.2) is 58.1 Å². The first-order valence-electron chi connectivity index (χ1n) is 13.8. The fourth-order valence-electron chi connectivity index (χ4n) is 5.27. The van der Waals surface area contributed by atoms with Gasteiger partial charge in [0.2, 0.25) is 11.5 Å². The lowest BCUT2D eigenvalue weighted by molar-refractivity contribution is -0.265. The molecule has 0 saturated heterocycles. The third kappa shape index (κ3) is 5.12. The minimum absolute atomic E-state index is 0.0697. The lowest BCUT2D eigenvalue weighted by Gasteiger charge is -2.31. The van der Waals surface area contributed by atoms with Crippen molar-refractivity contribution in [1.29, 1.82) is 0 Å². The largest absolute Gasteiger partial charge is 0.494 e. The van der Waals surface area contributed by atoms with Gasteiger partial charge in [0, 0.05) is 34.3 Å². The Morgan fingerprint density at radius 1 is 1.20 bits per heavy atom. The average molecular weight is 710 g/mol. The second-order valence-corrected chi connectivity index (χ2v) is 12.3. The Kier molecular flexibility index (Phi) is 7.50. The summed E-state index contributed by atoms with van der Waals surface area (Å²) in [5.74, 6) is -4.22. The number of benzene rings is 2. The summed E-state index contributed by atoms with van der Waals surface area (Å²) in [6.45, 7) is -0.566. The van der Waals surface area contributed by atoms with Crippen molar-refractivity contribution < 1.29 is 46.1 Å². The molecule has 10 nitrogen and oxygen atoms in total. The van der Waals surface area contributed by atoms with E-state index in [9.17, 15) is 32.3 Å². The lowest BCUT2D eigenvalue weighted by atomic mass is 9.81. The van der Waals surface area contributed by atoms with E-state index < -0.39 is 70.7 Å². The molecule has 242 valence electrons. The molecule has 0 bridgehead atoms. The van der Waals surface area contributed by atoms with E-state index in [4.69, 9.17) is 15.2 Å². The van der Waals surface area contributed by atoms with Gasteiger partial charge in [-0.25, -0.2) is 13.8 Å². The average Bonchev–Trinajstić information content (AvgIpc) is 3.67. The number of halogens is 6. The number of alkyl halides is 3. The van der Waals surface area contributed by atoms with Gasteiger partial charge in [-0.05, 0) is 60.0 Å². The highest BCUT2D eigenvalue weighted by atomic mass is 79.9. The molecule has 2 aromatic carbocycles. The number of ether oxygens (including phenoxy) is 2. The number of carbonyl (C=O) groups is 2. The van der Waals surface area contributed by atoms with E-state index in [2.05, 4.69) is 31.3 Å². The number of carbonyl (C=O) groups excluding carboxylic acids is 2. The number of fused-ring (bicyclic) bond motifs is 2. The Hall–Kier alpha value is -4.31. The Morgan fingerprint density at radius 2 is 1.91 bits per heavy atom. The third-order valence-corrected chi connectivity index (χ3v) is 8.88. The van der Waals surface area contributed by atoms with Crippen molar-refractivity contribution in [2.75, 3.05) is 20.3 Å². The van der Waals surface area contributed by atoms with Crippen molar-refractivity contribution >= 4 is 38.6 Å². The minimum Gasteiger partial charge on any atom is -0.494 e. The monoisotopic (exact) mass is 709 g/mol. The molecule has 1 fully saturated rings. The van der Waals surface area contributed by atoms with Crippen molar-refractivity contribution in [2.24, 2.45) is 5.73 Å². The Morgan fingerprint density at radius 3 is 2.54 bits per heavy atom. The number of hydrogen-bond acceptors (Lipinski definition) is 7. The van der Waals surface area contributed by atoms with E-state index >= 15 is 4.39 Å². The van der Waals surface area contributed by atoms with Crippen LogP contribution in [0.3, 0.4) is 0 Å². The van der Waals surface area contributed by atoms with Crippen LogP contribution in [0.2, 0.25) is 0 Å². The van der Waals surface area contributed by atoms with E-state index in [-0.39, 0.29) is 33.1 Å². The molecule has 16 heteroatoms. The van der Waals surface area contributed by atoms with Gasteiger partial charge in [-0.2, -0.15) is 18.3 Å². The molecule has 2 aromatic heterocycles. The highest BCUT2D eigenvalue weighted by Crippen LogP contribution is 2.48. The van der Waals surface area contributed by atoms with Gasteiger partial charge in [0.25, 0.3) is 5.91 Å². The molecule has 2 atom stereocenters. The maximum Gasteiger partial charge on any atom is 0.424 e. The summed E-state index contributed by atoms with van der Waals surface area (Å²) in [5.41, 5.74) is -1.94. The number of hydrogen-bond donors (Lipinski definition) is 3. The van der Waals surface area contributed by atoms with Crippen molar-refractivity contribution in [3.05, 3.63) is 69.5 Å². The van der Waals surface area contributed by atoms with Crippen LogP contribution in [0.4, 0.5) is 22.0 Å². The highest BCUT2D eigenvalue weighted by Gasteiger charge is 2.58. The first kappa shape index (κ1) is 31.7. The summed E-state index contributed by atoms with van der Waals surface area (Å²) < 4.78 is 85.8. The van der Waals surface area contributed by atoms with Crippen LogP contribution in [-0.2, 0) is 15.8 Å². The fraction of sp³-hybridized carbons (Fsp3) is 0.333. The van der Waals surface area contributed by atoms with Gasteiger partial charge in [-0.1, -0.05) is 0 Å². The fourth-order valence-corrected chi connectivity index (χ4v) is 5.61. The van der Waals surface area contributed by atoms with Gasteiger partial charge in [0.1, 0.15) is 46.4 Å². The molecule has 0 unspecified atom stereocenters. The van der Waals surface area contributed by atoms with Gasteiger partial charge < -0.3 is 25.6 Å². The van der Waals surface area contributed by atoms with Crippen molar-refractivity contribution in [3.8, 4) is 22.8 Å². The van der Waals surface area contributed by atoms with Crippen molar-refractivity contribution in [1.82, 2.24) is 20.1 Å². The summed E-state index contributed by atoms with van der Waals surface area (Å²) in [6.07, 6.45) is -1.88. The molecule has 1 aliphatic heterocycles. The molecule has 4 aromatic rings. The summed E-state index contributed by atoms with van der Waals surface area (Å²) in [6, 6.07) is 5.16. The van der Waals surface area contributed by atoms with Gasteiger partial charge >= 0.3 is 6.18 Å². The second kappa shape index (κ2) is 10.9. The zero-order valence-electron chi connectivity index (χ0n) is 24.1. The first-order chi connectivity index (χ1) is 21.6. The molecule has 0 spiro atoms. The highest BCUT2D eigenvalue weighted by molar-refractivity contribution is 9.10. The minimum atomic E-state index is -5.46. The maximum absolute atomic E-state index is 15.1. The van der Waals surface area contributed by atoms with Gasteiger partial charge in [-0.15, -0.1) is 0 Å². The second-order valence-electron chi connectivity index (χ2n) is 11.5. The van der Waals surface area contributed by atoms with Crippen molar-refractivity contribution in [3.63, 3.8) is 0 Å². The number of rotatable bonds is 8. The molecular formula is C30H25BrF5N5O5. The van der Waals surface area contributed by atoms with Gasteiger partial charge in [-0.3, -0.25) is 14.3 Å². The predicted octanol–water partition coefficient (Wildman–Crippen LogP) is 4.80. The SMILES string of the molecule is COc1cc(C(=O)NC[C@@](O)(c2cc3c(c(-c4cc(Br)c(F)cc4F)n2)OC[C@]3(C)C(N)=O)C(F)(F)F)cc2cn(C3CC3)nc12. The van der Waals surface area contributed by atoms with Crippen LogP contribution < -0.4 is 20.5 Å². The summed E-state index contributed by atoms with van der Waals surface area (Å²) in [4.78, 5) is 29.6. The molecular weight excluding hydrogens is 685 g/mol.